The fraction of sp³-hybridized carbons (Fsp3) is 0.444. The molecule has 1 aromatic carbocycles. The van der Waals surface area contributed by atoms with Gasteiger partial charge < -0.3 is 4.74 Å². The Morgan fingerprint density at radius 1 is 1.24 bits per heavy atom. The summed E-state index contributed by atoms with van der Waals surface area (Å²) in [6.07, 6.45) is 3.53. The van der Waals surface area contributed by atoms with Crippen molar-refractivity contribution in [3.05, 3.63) is 36.4 Å². The fourth-order valence-electron chi connectivity index (χ4n) is 2.74. The minimum atomic E-state index is -0.0832. The van der Waals surface area contributed by atoms with E-state index in [1.54, 1.807) is 0 Å². The summed E-state index contributed by atoms with van der Waals surface area (Å²) in [5.41, 5.74) is 4.85. The number of rotatable bonds is 7. The Labute approximate surface area is 126 Å². The van der Waals surface area contributed by atoms with Crippen molar-refractivity contribution in [3.8, 4) is 0 Å². The van der Waals surface area contributed by atoms with E-state index in [-0.39, 0.29) is 5.97 Å². The predicted molar refractivity (Wildman–Crippen MR) is 86.0 cm³/mol. The van der Waals surface area contributed by atoms with Gasteiger partial charge in [0.05, 0.1) is 12.2 Å². The van der Waals surface area contributed by atoms with Crippen molar-refractivity contribution in [2.24, 2.45) is 0 Å². The molecule has 0 atom stereocenters. The van der Waals surface area contributed by atoms with Gasteiger partial charge in [-0.15, -0.1) is 0 Å². The molecule has 1 aromatic rings. The van der Waals surface area contributed by atoms with Crippen LogP contribution in [0.5, 0.6) is 0 Å². The Hall–Kier alpha value is -1.90. The van der Waals surface area contributed by atoms with Crippen molar-refractivity contribution in [3.63, 3.8) is 0 Å². The van der Waals surface area contributed by atoms with Crippen LogP contribution in [0.3, 0.4) is 0 Å². The zero-order valence-electron chi connectivity index (χ0n) is 13.0. The number of carbonyl (C=O) groups is 1. The van der Waals surface area contributed by atoms with Crippen LogP contribution < -0.4 is 0 Å². The number of esters is 1. The molecule has 0 saturated carbocycles. The fourth-order valence-corrected chi connectivity index (χ4v) is 2.74. The van der Waals surface area contributed by atoms with E-state index in [2.05, 4.69) is 42.3 Å². The third-order valence-electron chi connectivity index (χ3n) is 3.93. The maximum Gasteiger partial charge on any atom is 0.305 e. The van der Waals surface area contributed by atoms with Gasteiger partial charge in [0.2, 0.25) is 5.69 Å². The molecule has 0 N–H and O–H groups in total. The summed E-state index contributed by atoms with van der Waals surface area (Å²) >= 11 is 0. The van der Waals surface area contributed by atoms with Crippen LogP contribution in [0.4, 0.5) is 5.69 Å². The first-order valence-corrected chi connectivity index (χ1v) is 7.70. The van der Waals surface area contributed by atoms with Crippen LogP contribution in [0.25, 0.3) is 5.57 Å². The summed E-state index contributed by atoms with van der Waals surface area (Å²) in [5.74, 6) is -0.0832. The van der Waals surface area contributed by atoms with Gasteiger partial charge in [-0.2, -0.15) is 4.58 Å². The Kier molecular flexibility index (Phi) is 5.32. The van der Waals surface area contributed by atoms with Gasteiger partial charge in [-0.1, -0.05) is 18.7 Å². The van der Waals surface area contributed by atoms with Crippen molar-refractivity contribution < 1.29 is 14.1 Å². The quantitative estimate of drug-likeness (QED) is 0.431. The van der Waals surface area contributed by atoms with Crippen molar-refractivity contribution >= 4 is 22.9 Å². The van der Waals surface area contributed by atoms with Gasteiger partial charge in [0.15, 0.2) is 5.71 Å². The van der Waals surface area contributed by atoms with Crippen molar-refractivity contribution in [1.82, 2.24) is 0 Å². The molecular formula is C18H24NO2+. The maximum absolute atomic E-state index is 11.3. The molecule has 0 aromatic heterocycles. The van der Waals surface area contributed by atoms with Crippen LogP contribution >= 0.6 is 0 Å². The lowest BCUT2D eigenvalue weighted by molar-refractivity contribution is -0.438. The standard InChI is InChI=1S/C18H24NO2/c1-4-21-18(20)12-6-5-9-13-19-15(3)14(2)16-10-7-8-11-17(16)19/h7-8,10-11H,2,4-6,9,12-13H2,1,3H3/q+1. The summed E-state index contributed by atoms with van der Waals surface area (Å²) in [6.45, 7) is 9.59. The van der Waals surface area contributed by atoms with E-state index in [0.29, 0.717) is 13.0 Å². The molecule has 0 spiro atoms. The van der Waals surface area contributed by atoms with Gasteiger partial charge in [-0.05, 0) is 25.8 Å². The SMILES string of the molecule is C=C1C(C)=[N+](CCCCCC(=O)OCC)c2ccccc21. The molecule has 3 heteroatoms. The van der Waals surface area contributed by atoms with Gasteiger partial charge in [0.1, 0.15) is 6.54 Å². The number of allylic oxidation sites excluding steroid dienone is 1. The van der Waals surface area contributed by atoms with Crippen LogP contribution in [-0.4, -0.2) is 29.4 Å². The predicted octanol–water partition coefficient (Wildman–Crippen LogP) is 3.94. The first-order chi connectivity index (χ1) is 10.1. The third-order valence-corrected chi connectivity index (χ3v) is 3.93. The van der Waals surface area contributed by atoms with Crippen LogP contribution in [0.15, 0.2) is 30.8 Å². The monoisotopic (exact) mass is 286 g/mol. The number of carbonyl (C=O) groups excluding carboxylic acids is 1. The molecule has 2 rings (SSSR count). The topological polar surface area (TPSA) is 29.3 Å². The summed E-state index contributed by atoms with van der Waals surface area (Å²) in [7, 11) is 0. The lowest BCUT2D eigenvalue weighted by Crippen LogP contribution is -2.11. The van der Waals surface area contributed by atoms with E-state index in [4.69, 9.17) is 4.74 Å². The Morgan fingerprint density at radius 3 is 2.76 bits per heavy atom. The number of hydrogen-bond acceptors (Lipinski definition) is 2. The molecule has 1 aliphatic rings. The Bertz CT molecular complexity index is 572. The highest BCUT2D eigenvalue weighted by Gasteiger charge is 2.29. The summed E-state index contributed by atoms with van der Waals surface area (Å²) in [4.78, 5) is 11.3. The van der Waals surface area contributed by atoms with Gasteiger partial charge >= 0.3 is 5.97 Å². The number of hydrogen-bond donors (Lipinski definition) is 0. The minimum absolute atomic E-state index is 0.0832. The average molecular weight is 286 g/mol. The normalized spacial score (nSPS) is 13.5. The molecule has 1 heterocycles. The second kappa shape index (κ2) is 7.21. The maximum atomic E-state index is 11.3. The average Bonchev–Trinajstić information content (AvgIpc) is 2.72. The highest BCUT2D eigenvalue weighted by Crippen LogP contribution is 2.33. The second-order valence-corrected chi connectivity index (χ2v) is 5.35. The molecule has 0 radical (unpaired) electrons. The van der Waals surface area contributed by atoms with Crippen molar-refractivity contribution in [2.45, 2.75) is 39.5 Å². The molecule has 0 fully saturated rings. The molecule has 112 valence electrons. The molecule has 0 amide bonds. The van der Waals surface area contributed by atoms with E-state index >= 15 is 0 Å². The molecule has 3 nitrogen and oxygen atoms in total. The number of nitrogens with zero attached hydrogens (tertiary/aromatic N) is 1. The summed E-state index contributed by atoms with van der Waals surface area (Å²) in [6, 6.07) is 8.40. The minimum Gasteiger partial charge on any atom is -0.466 e. The lowest BCUT2D eigenvalue weighted by Gasteiger charge is -2.03. The second-order valence-electron chi connectivity index (χ2n) is 5.35. The zero-order chi connectivity index (χ0) is 15.2. The van der Waals surface area contributed by atoms with Crippen LogP contribution in [0.2, 0.25) is 0 Å². The first kappa shape index (κ1) is 15.5. The molecule has 1 aliphatic heterocycles. The van der Waals surface area contributed by atoms with E-state index in [1.807, 2.05) is 6.92 Å². The zero-order valence-corrected chi connectivity index (χ0v) is 13.0. The van der Waals surface area contributed by atoms with E-state index in [1.165, 1.54) is 17.0 Å². The van der Waals surface area contributed by atoms with E-state index in [0.717, 1.165) is 31.4 Å². The van der Waals surface area contributed by atoms with Gasteiger partial charge in [0, 0.05) is 31.4 Å². The van der Waals surface area contributed by atoms with Crippen LogP contribution in [0, 0.1) is 0 Å². The molecule has 0 unspecified atom stereocenters. The molecule has 0 saturated heterocycles. The van der Waals surface area contributed by atoms with E-state index < -0.39 is 0 Å². The van der Waals surface area contributed by atoms with Gasteiger partial charge in [0.25, 0.3) is 0 Å². The Morgan fingerprint density at radius 2 is 2.00 bits per heavy atom. The van der Waals surface area contributed by atoms with Gasteiger partial charge in [-0.3, -0.25) is 4.79 Å². The third kappa shape index (κ3) is 3.60. The number of para-hydroxylation sites is 1. The molecule has 21 heavy (non-hydrogen) atoms. The van der Waals surface area contributed by atoms with Crippen molar-refractivity contribution in [1.29, 1.82) is 0 Å². The number of fused-ring (bicyclic) bond motifs is 1. The highest BCUT2D eigenvalue weighted by molar-refractivity contribution is 6.23. The van der Waals surface area contributed by atoms with E-state index in [9.17, 15) is 4.79 Å². The molecule has 0 bridgehead atoms. The van der Waals surface area contributed by atoms with Crippen molar-refractivity contribution in [2.75, 3.05) is 13.2 Å². The Balaban J connectivity index is 1.84. The van der Waals surface area contributed by atoms with Crippen LogP contribution in [0.1, 0.15) is 45.1 Å². The molecule has 0 aliphatic carbocycles. The smallest absolute Gasteiger partial charge is 0.305 e. The first-order valence-electron chi connectivity index (χ1n) is 7.70. The summed E-state index contributed by atoms with van der Waals surface area (Å²) in [5, 5.41) is 0. The molecular weight excluding hydrogens is 262 g/mol. The number of unbranched alkanes of at least 4 members (excludes halogenated alkanes) is 2. The number of benzene rings is 1. The lowest BCUT2D eigenvalue weighted by atomic mass is 10.1. The summed E-state index contributed by atoms with van der Waals surface area (Å²) < 4.78 is 7.27. The largest absolute Gasteiger partial charge is 0.466 e. The highest BCUT2D eigenvalue weighted by atomic mass is 16.5. The van der Waals surface area contributed by atoms with Gasteiger partial charge in [-0.25, -0.2) is 0 Å². The van der Waals surface area contributed by atoms with Crippen LogP contribution in [-0.2, 0) is 9.53 Å². The number of ether oxygens (including phenoxy) is 1.